The summed E-state index contributed by atoms with van der Waals surface area (Å²) in [5.74, 6) is 1.15. The van der Waals surface area contributed by atoms with Gasteiger partial charge in [-0.25, -0.2) is 4.39 Å². The molecule has 1 aliphatic rings. The molecule has 0 aliphatic heterocycles. The van der Waals surface area contributed by atoms with Crippen LogP contribution in [0.4, 0.5) is 4.39 Å². The van der Waals surface area contributed by atoms with E-state index in [9.17, 15) is 4.39 Å². The van der Waals surface area contributed by atoms with Crippen LogP contribution in [0.25, 0.3) is 0 Å². The monoisotopic (exact) mass is 332 g/mol. The first-order valence-corrected chi connectivity index (χ1v) is 7.97. The van der Waals surface area contributed by atoms with Gasteiger partial charge in [0.1, 0.15) is 5.82 Å². The van der Waals surface area contributed by atoms with E-state index in [4.69, 9.17) is 11.6 Å². The Morgan fingerprint density at radius 2 is 2.17 bits per heavy atom. The van der Waals surface area contributed by atoms with Crippen molar-refractivity contribution in [1.82, 2.24) is 0 Å². The molecule has 3 unspecified atom stereocenters. The standard InChI is InChI=1S/C15H19BrClF/c1-2-10-3-5-13(16)12(7-10)8-11-4-6-14(17)15(18)9-11/h4,6,9-10,12-13H,2-3,5,7-8H2,1H3. The van der Waals surface area contributed by atoms with Crippen LogP contribution in [0.1, 0.15) is 38.2 Å². The largest absolute Gasteiger partial charge is 0.205 e. The lowest BCUT2D eigenvalue weighted by Crippen LogP contribution is -2.26. The number of benzene rings is 1. The summed E-state index contributed by atoms with van der Waals surface area (Å²) < 4.78 is 13.4. The summed E-state index contributed by atoms with van der Waals surface area (Å²) in [5, 5.41) is 0.212. The van der Waals surface area contributed by atoms with Crippen molar-refractivity contribution >= 4 is 27.5 Å². The summed E-state index contributed by atoms with van der Waals surface area (Å²) in [6, 6.07) is 5.19. The molecule has 1 saturated carbocycles. The molecule has 100 valence electrons. The normalized spacial score (nSPS) is 28.3. The van der Waals surface area contributed by atoms with Crippen LogP contribution in [0.5, 0.6) is 0 Å². The molecule has 0 bridgehead atoms. The van der Waals surface area contributed by atoms with E-state index in [1.165, 1.54) is 25.7 Å². The number of halogens is 3. The van der Waals surface area contributed by atoms with Gasteiger partial charge in [0.25, 0.3) is 0 Å². The topological polar surface area (TPSA) is 0 Å². The molecule has 1 aliphatic carbocycles. The predicted molar refractivity (Wildman–Crippen MR) is 79.0 cm³/mol. The Morgan fingerprint density at radius 1 is 1.39 bits per heavy atom. The lowest BCUT2D eigenvalue weighted by atomic mass is 9.77. The molecule has 1 aromatic carbocycles. The molecule has 0 aromatic heterocycles. The molecule has 0 spiro atoms. The summed E-state index contributed by atoms with van der Waals surface area (Å²) >= 11 is 9.50. The molecule has 0 heterocycles. The van der Waals surface area contributed by atoms with Crippen LogP contribution >= 0.6 is 27.5 Å². The molecule has 2 rings (SSSR count). The maximum Gasteiger partial charge on any atom is 0.142 e. The molecule has 3 atom stereocenters. The third kappa shape index (κ3) is 3.48. The van der Waals surface area contributed by atoms with Gasteiger partial charge in [-0.3, -0.25) is 0 Å². The Hall–Kier alpha value is -0.0800. The van der Waals surface area contributed by atoms with Crippen LogP contribution in [0.2, 0.25) is 5.02 Å². The lowest BCUT2D eigenvalue weighted by Gasteiger charge is -2.33. The zero-order valence-corrected chi connectivity index (χ0v) is 13.0. The van der Waals surface area contributed by atoms with E-state index in [0.717, 1.165) is 17.9 Å². The van der Waals surface area contributed by atoms with Crippen LogP contribution < -0.4 is 0 Å². The molecule has 0 saturated heterocycles. The average molecular weight is 334 g/mol. The highest BCUT2D eigenvalue weighted by atomic mass is 79.9. The van der Waals surface area contributed by atoms with Gasteiger partial charge < -0.3 is 0 Å². The van der Waals surface area contributed by atoms with Crippen LogP contribution in [0.15, 0.2) is 18.2 Å². The minimum absolute atomic E-state index is 0.212. The fourth-order valence-corrected chi connectivity index (χ4v) is 3.66. The fraction of sp³-hybridized carbons (Fsp3) is 0.600. The highest BCUT2D eigenvalue weighted by Crippen LogP contribution is 2.37. The lowest BCUT2D eigenvalue weighted by molar-refractivity contribution is 0.271. The summed E-state index contributed by atoms with van der Waals surface area (Å²) in [6.45, 7) is 2.26. The first-order valence-electron chi connectivity index (χ1n) is 6.68. The first-order chi connectivity index (χ1) is 8.60. The van der Waals surface area contributed by atoms with Gasteiger partial charge in [-0.2, -0.15) is 0 Å². The molecule has 3 heteroatoms. The van der Waals surface area contributed by atoms with Gasteiger partial charge >= 0.3 is 0 Å². The number of hydrogen-bond acceptors (Lipinski definition) is 0. The van der Waals surface area contributed by atoms with Crippen molar-refractivity contribution < 1.29 is 4.39 Å². The summed E-state index contributed by atoms with van der Waals surface area (Å²) in [5.41, 5.74) is 1.06. The van der Waals surface area contributed by atoms with E-state index in [1.54, 1.807) is 12.1 Å². The molecule has 18 heavy (non-hydrogen) atoms. The van der Waals surface area contributed by atoms with Crippen molar-refractivity contribution in [1.29, 1.82) is 0 Å². The Labute approximate surface area is 122 Å². The van der Waals surface area contributed by atoms with E-state index < -0.39 is 0 Å². The van der Waals surface area contributed by atoms with Gasteiger partial charge in [0, 0.05) is 4.83 Å². The van der Waals surface area contributed by atoms with Crippen LogP contribution in [-0.4, -0.2) is 4.83 Å². The molecular weight excluding hydrogens is 315 g/mol. The Kier molecular flexibility index (Phi) is 5.08. The second-order valence-corrected chi connectivity index (χ2v) is 6.90. The van der Waals surface area contributed by atoms with Crippen molar-refractivity contribution in [3.05, 3.63) is 34.6 Å². The first kappa shape index (κ1) is 14.3. The second-order valence-electron chi connectivity index (χ2n) is 5.32. The van der Waals surface area contributed by atoms with Gasteiger partial charge in [0.05, 0.1) is 5.02 Å². The van der Waals surface area contributed by atoms with Crippen molar-refractivity contribution in [2.24, 2.45) is 11.8 Å². The van der Waals surface area contributed by atoms with Crippen molar-refractivity contribution in [2.75, 3.05) is 0 Å². The maximum atomic E-state index is 13.4. The summed E-state index contributed by atoms with van der Waals surface area (Å²) in [4.78, 5) is 0.569. The maximum absolute atomic E-state index is 13.4. The second kappa shape index (κ2) is 6.38. The molecular formula is C15H19BrClF. The summed E-state index contributed by atoms with van der Waals surface area (Å²) in [7, 11) is 0. The average Bonchev–Trinajstić information content (AvgIpc) is 2.36. The highest BCUT2D eigenvalue weighted by molar-refractivity contribution is 9.09. The van der Waals surface area contributed by atoms with Gasteiger partial charge in [-0.1, -0.05) is 46.9 Å². The SMILES string of the molecule is CCC1CCC(Br)C(Cc2ccc(Cl)c(F)c2)C1. The van der Waals surface area contributed by atoms with E-state index in [0.29, 0.717) is 10.7 Å². The number of hydrogen-bond donors (Lipinski definition) is 0. The quantitative estimate of drug-likeness (QED) is 0.631. The number of alkyl halides is 1. The molecule has 0 nitrogen and oxygen atoms in total. The van der Waals surface area contributed by atoms with Crippen LogP contribution in [0.3, 0.4) is 0 Å². The van der Waals surface area contributed by atoms with Crippen molar-refractivity contribution in [3.8, 4) is 0 Å². The van der Waals surface area contributed by atoms with Gasteiger partial charge in [0.2, 0.25) is 0 Å². The zero-order chi connectivity index (χ0) is 13.1. The third-order valence-electron chi connectivity index (χ3n) is 4.06. The van der Waals surface area contributed by atoms with Crippen LogP contribution in [0, 0.1) is 17.7 Å². The fourth-order valence-electron chi connectivity index (χ4n) is 2.88. The van der Waals surface area contributed by atoms with Crippen LogP contribution in [-0.2, 0) is 6.42 Å². The molecule has 1 fully saturated rings. The molecule has 1 aromatic rings. The van der Waals surface area contributed by atoms with Gasteiger partial charge in [-0.15, -0.1) is 0 Å². The molecule has 0 N–H and O–H groups in total. The Bertz CT molecular complexity index is 407. The minimum atomic E-state index is -0.303. The van der Waals surface area contributed by atoms with Gasteiger partial charge in [0.15, 0.2) is 0 Å². The Balaban J connectivity index is 2.04. The van der Waals surface area contributed by atoms with Crippen molar-refractivity contribution in [3.63, 3.8) is 0 Å². The number of rotatable bonds is 3. The molecule has 0 amide bonds. The predicted octanol–water partition coefficient (Wildman–Crippen LogP) is 5.61. The highest BCUT2D eigenvalue weighted by Gasteiger charge is 2.28. The minimum Gasteiger partial charge on any atom is -0.205 e. The third-order valence-corrected chi connectivity index (χ3v) is 5.57. The van der Waals surface area contributed by atoms with E-state index in [2.05, 4.69) is 22.9 Å². The zero-order valence-electron chi connectivity index (χ0n) is 10.6. The van der Waals surface area contributed by atoms with Gasteiger partial charge in [-0.05, 0) is 55.2 Å². The smallest absolute Gasteiger partial charge is 0.142 e. The van der Waals surface area contributed by atoms with Crippen molar-refractivity contribution in [2.45, 2.75) is 43.9 Å². The summed E-state index contributed by atoms with van der Waals surface area (Å²) in [6.07, 6.45) is 6.00. The van der Waals surface area contributed by atoms with E-state index in [-0.39, 0.29) is 10.8 Å². The Morgan fingerprint density at radius 3 is 2.83 bits per heavy atom. The van der Waals surface area contributed by atoms with E-state index in [1.807, 2.05) is 6.07 Å². The molecule has 0 radical (unpaired) electrons. The van der Waals surface area contributed by atoms with E-state index >= 15 is 0 Å².